The van der Waals surface area contributed by atoms with Crippen LogP contribution in [-0.2, 0) is 0 Å². The average molecular weight is 381 g/mol. The molecular formula is C19H15N3O2S2. The molecule has 26 heavy (non-hydrogen) atoms. The summed E-state index contributed by atoms with van der Waals surface area (Å²) >= 11 is 7.42. The zero-order chi connectivity index (χ0) is 17.5. The van der Waals surface area contributed by atoms with E-state index in [2.05, 4.69) is 32.7 Å². The third-order valence-electron chi connectivity index (χ3n) is 4.57. The molecule has 1 fully saturated rings. The van der Waals surface area contributed by atoms with Crippen LogP contribution in [-0.4, -0.2) is 16.9 Å². The van der Waals surface area contributed by atoms with Crippen LogP contribution in [0.25, 0.3) is 0 Å². The quantitative estimate of drug-likeness (QED) is 0.691. The van der Waals surface area contributed by atoms with E-state index < -0.39 is 0 Å². The van der Waals surface area contributed by atoms with Crippen molar-refractivity contribution in [3.8, 4) is 11.5 Å². The lowest BCUT2D eigenvalue weighted by Crippen LogP contribution is -2.29. The Morgan fingerprint density at radius 1 is 1.12 bits per heavy atom. The number of anilines is 1. The molecule has 1 saturated heterocycles. The lowest BCUT2D eigenvalue weighted by Gasteiger charge is -2.27. The molecule has 0 bridgehead atoms. The summed E-state index contributed by atoms with van der Waals surface area (Å²) in [6.45, 7) is 0.256. The number of thiophene rings is 1. The summed E-state index contributed by atoms with van der Waals surface area (Å²) in [6.07, 6.45) is 1.81. The van der Waals surface area contributed by atoms with Crippen LogP contribution in [0, 0.1) is 0 Å². The number of thiocarbonyl (C=S) groups is 1. The summed E-state index contributed by atoms with van der Waals surface area (Å²) in [7, 11) is 0. The largest absolute Gasteiger partial charge is 0.454 e. The standard InChI is InChI=1S/C19H15N3O2S2/c25-19-21-17(13-4-1-2-8-20-13)18(16-5-3-9-26-16)22(19)12-6-7-14-15(10-12)24-11-23-14/h1-10,17-18H,11H2,(H,21,25)/t17-,18+/m1/s1. The summed E-state index contributed by atoms with van der Waals surface area (Å²) in [5.41, 5.74) is 1.94. The molecule has 5 nitrogen and oxygen atoms in total. The second kappa shape index (κ2) is 6.26. The van der Waals surface area contributed by atoms with Gasteiger partial charge in [0.2, 0.25) is 6.79 Å². The lowest BCUT2D eigenvalue weighted by molar-refractivity contribution is 0.174. The molecular weight excluding hydrogens is 366 g/mol. The SMILES string of the molecule is S=C1N[C@H](c2ccccn2)[C@H](c2cccs2)N1c1ccc2c(c1)OCO2. The van der Waals surface area contributed by atoms with Gasteiger partial charge in [-0.25, -0.2) is 0 Å². The van der Waals surface area contributed by atoms with E-state index in [1.165, 1.54) is 4.88 Å². The van der Waals surface area contributed by atoms with Gasteiger partial charge in [0.1, 0.15) is 0 Å². The van der Waals surface area contributed by atoms with Gasteiger partial charge in [-0.2, -0.15) is 0 Å². The van der Waals surface area contributed by atoms with Gasteiger partial charge in [-0.05, 0) is 47.9 Å². The minimum absolute atomic E-state index is 0.0206. The molecule has 7 heteroatoms. The average Bonchev–Trinajstić information content (AvgIpc) is 3.41. The molecule has 3 aromatic rings. The van der Waals surface area contributed by atoms with Gasteiger partial charge < -0.3 is 19.7 Å². The Hall–Kier alpha value is -2.64. The van der Waals surface area contributed by atoms with Crippen LogP contribution in [0.2, 0.25) is 0 Å². The molecule has 4 heterocycles. The van der Waals surface area contributed by atoms with Crippen LogP contribution in [0.15, 0.2) is 60.1 Å². The second-order valence-electron chi connectivity index (χ2n) is 6.05. The van der Waals surface area contributed by atoms with Crippen molar-refractivity contribution in [3.05, 3.63) is 70.7 Å². The minimum Gasteiger partial charge on any atom is -0.454 e. The lowest BCUT2D eigenvalue weighted by atomic mass is 10.0. The fraction of sp³-hybridized carbons (Fsp3) is 0.158. The van der Waals surface area contributed by atoms with Gasteiger partial charge in [-0.3, -0.25) is 4.98 Å². The Morgan fingerprint density at radius 2 is 2.04 bits per heavy atom. The van der Waals surface area contributed by atoms with E-state index in [0.717, 1.165) is 22.9 Å². The molecule has 1 N–H and O–H groups in total. The Kier molecular flexibility index (Phi) is 3.76. The van der Waals surface area contributed by atoms with E-state index in [-0.39, 0.29) is 18.9 Å². The first-order chi connectivity index (χ1) is 12.8. The number of hydrogen-bond donors (Lipinski definition) is 1. The Labute approximate surface area is 160 Å². The van der Waals surface area contributed by atoms with E-state index in [9.17, 15) is 0 Å². The number of ether oxygens (including phenoxy) is 2. The van der Waals surface area contributed by atoms with E-state index in [1.807, 2.05) is 42.6 Å². The van der Waals surface area contributed by atoms with Crippen molar-refractivity contribution < 1.29 is 9.47 Å². The summed E-state index contributed by atoms with van der Waals surface area (Å²) < 4.78 is 11.0. The topological polar surface area (TPSA) is 46.6 Å². The normalized spacial score (nSPS) is 21.1. The number of pyridine rings is 1. The van der Waals surface area contributed by atoms with Gasteiger partial charge in [0.25, 0.3) is 0 Å². The van der Waals surface area contributed by atoms with Gasteiger partial charge in [0, 0.05) is 22.8 Å². The number of hydrogen-bond acceptors (Lipinski definition) is 5. The first kappa shape index (κ1) is 15.6. The summed E-state index contributed by atoms with van der Waals surface area (Å²) in [5.74, 6) is 1.51. The molecule has 0 spiro atoms. The van der Waals surface area contributed by atoms with Crippen molar-refractivity contribution in [2.24, 2.45) is 0 Å². The molecule has 0 aliphatic carbocycles. The summed E-state index contributed by atoms with van der Waals surface area (Å²) in [6, 6.07) is 16.1. The van der Waals surface area contributed by atoms with Crippen molar-refractivity contribution >= 4 is 34.4 Å². The molecule has 0 radical (unpaired) electrons. The highest BCUT2D eigenvalue weighted by atomic mass is 32.1. The maximum Gasteiger partial charge on any atom is 0.231 e. The van der Waals surface area contributed by atoms with Crippen LogP contribution < -0.4 is 19.7 Å². The van der Waals surface area contributed by atoms with Crippen LogP contribution in [0.3, 0.4) is 0 Å². The van der Waals surface area contributed by atoms with Gasteiger partial charge in [0.15, 0.2) is 16.6 Å². The van der Waals surface area contributed by atoms with Crippen molar-refractivity contribution in [1.29, 1.82) is 0 Å². The molecule has 2 aliphatic rings. The monoisotopic (exact) mass is 381 g/mol. The maximum absolute atomic E-state index is 5.70. The van der Waals surface area contributed by atoms with Crippen molar-refractivity contribution in [1.82, 2.24) is 10.3 Å². The van der Waals surface area contributed by atoms with Crippen LogP contribution in [0.1, 0.15) is 22.7 Å². The molecule has 0 saturated carbocycles. The number of fused-ring (bicyclic) bond motifs is 1. The van der Waals surface area contributed by atoms with Crippen LogP contribution >= 0.6 is 23.6 Å². The molecule has 2 aromatic heterocycles. The highest BCUT2D eigenvalue weighted by molar-refractivity contribution is 7.80. The van der Waals surface area contributed by atoms with E-state index >= 15 is 0 Å². The zero-order valence-corrected chi connectivity index (χ0v) is 15.3. The van der Waals surface area contributed by atoms with Gasteiger partial charge in [-0.15, -0.1) is 11.3 Å². The van der Waals surface area contributed by atoms with Crippen LogP contribution in [0.5, 0.6) is 11.5 Å². The van der Waals surface area contributed by atoms with Gasteiger partial charge >= 0.3 is 0 Å². The first-order valence-corrected chi connectivity index (χ1v) is 9.54. The third-order valence-corrected chi connectivity index (χ3v) is 5.82. The van der Waals surface area contributed by atoms with E-state index in [1.54, 1.807) is 11.3 Å². The van der Waals surface area contributed by atoms with E-state index in [0.29, 0.717) is 5.11 Å². The molecule has 2 atom stereocenters. The number of benzene rings is 1. The maximum atomic E-state index is 5.70. The number of aromatic nitrogens is 1. The van der Waals surface area contributed by atoms with Gasteiger partial charge in [0.05, 0.1) is 17.8 Å². The summed E-state index contributed by atoms with van der Waals surface area (Å²) in [5, 5.41) is 6.22. The Balaban J connectivity index is 1.60. The number of nitrogens with one attached hydrogen (secondary N) is 1. The van der Waals surface area contributed by atoms with Crippen molar-refractivity contribution in [2.75, 3.05) is 11.7 Å². The van der Waals surface area contributed by atoms with E-state index in [4.69, 9.17) is 21.7 Å². The molecule has 130 valence electrons. The molecule has 0 unspecified atom stereocenters. The molecule has 2 aliphatic heterocycles. The fourth-order valence-corrected chi connectivity index (χ4v) is 4.61. The molecule has 0 amide bonds. The minimum atomic E-state index is -0.0206. The number of nitrogens with zero attached hydrogens (tertiary/aromatic N) is 2. The smallest absolute Gasteiger partial charge is 0.231 e. The highest BCUT2D eigenvalue weighted by Gasteiger charge is 2.41. The Morgan fingerprint density at radius 3 is 2.85 bits per heavy atom. The predicted octanol–water partition coefficient (Wildman–Crippen LogP) is 4.05. The fourth-order valence-electron chi connectivity index (χ4n) is 3.42. The van der Waals surface area contributed by atoms with Crippen molar-refractivity contribution in [3.63, 3.8) is 0 Å². The second-order valence-corrected chi connectivity index (χ2v) is 7.42. The summed E-state index contributed by atoms with van der Waals surface area (Å²) in [4.78, 5) is 7.92. The van der Waals surface area contributed by atoms with Crippen molar-refractivity contribution in [2.45, 2.75) is 12.1 Å². The van der Waals surface area contributed by atoms with Gasteiger partial charge in [-0.1, -0.05) is 12.1 Å². The molecule has 1 aromatic carbocycles. The first-order valence-electron chi connectivity index (χ1n) is 8.25. The predicted molar refractivity (Wildman–Crippen MR) is 105 cm³/mol. The number of rotatable bonds is 3. The molecule has 5 rings (SSSR count). The highest BCUT2D eigenvalue weighted by Crippen LogP contribution is 2.45. The third kappa shape index (κ3) is 2.51. The Bertz CT molecular complexity index is 947. The van der Waals surface area contributed by atoms with Crippen LogP contribution in [0.4, 0.5) is 5.69 Å². The zero-order valence-electron chi connectivity index (χ0n) is 13.7.